The molecule has 0 saturated heterocycles. The molecule has 2 N–H and O–H groups in total. The summed E-state index contributed by atoms with van der Waals surface area (Å²) in [5, 5.41) is 12.0. The van der Waals surface area contributed by atoms with Crippen molar-refractivity contribution in [2.75, 3.05) is 7.05 Å². The zero-order valence-electron chi connectivity index (χ0n) is 10.7. The number of carbonyl (C=O) groups is 1. The van der Waals surface area contributed by atoms with Gasteiger partial charge in [0, 0.05) is 10.0 Å². The van der Waals surface area contributed by atoms with Gasteiger partial charge < -0.3 is 10.4 Å². The number of carboxylic acid groups (broad SMARTS) is 1. The first kappa shape index (κ1) is 14.7. The second-order valence-electron chi connectivity index (χ2n) is 4.32. The Morgan fingerprint density at radius 2 is 2.05 bits per heavy atom. The molecule has 0 amide bonds. The van der Waals surface area contributed by atoms with E-state index in [9.17, 15) is 9.18 Å². The maximum absolute atomic E-state index is 14.0. The molecule has 2 rings (SSSR count). The molecule has 0 aromatic heterocycles. The fourth-order valence-electron chi connectivity index (χ4n) is 2.09. The molecule has 20 heavy (non-hydrogen) atoms. The number of halogens is 2. The predicted molar refractivity (Wildman–Crippen MR) is 78.4 cm³/mol. The van der Waals surface area contributed by atoms with Gasteiger partial charge >= 0.3 is 5.97 Å². The summed E-state index contributed by atoms with van der Waals surface area (Å²) in [7, 11) is 1.71. The first-order valence-electron chi connectivity index (χ1n) is 5.98. The molecule has 2 aromatic carbocycles. The zero-order valence-corrected chi connectivity index (χ0v) is 12.3. The third-order valence-corrected chi connectivity index (χ3v) is 3.52. The third-order valence-electron chi connectivity index (χ3n) is 3.02. The molecule has 0 saturated carbocycles. The van der Waals surface area contributed by atoms with Crippen LogP contribution in [0.4, 0.5) is 4.39 Å². The number of nitrogens with one attached hydrogen (secondary N) is 1. The number of hydrogen-bond acceptors (Lipinski definition) is 2. The van der Waals surface area contributed by atoms with E-state index in [1.807, 2.05) is 0 Å². The van der Waals surface area contributed by atoms with Gasteiger partial charge in [-0.1, -0.05) is 28.1 Å². The van der Waals surface area contributed by atoms with Crippen LogP contribution in [0.25, 0.3) is 0 Å². The van der Waals surface area contributed by atoms with Crippen LogP contribution in [0.5, 0.6) is 0 Å². The van der Waals surface area contributed by atoms with Crippen LogP contribution in [-0.4, -0.2) is 18.1 Å². The van der Waals surface area contributed by atoms with Crippen molar-refractivity contribution in [3.05, 3.63) is 69.4 Å². The molecule has 5 heteroatoms. The Morgan fingerprint density at radius 1 is 1.30 bits per heavy atom. The van der Waals surface area contributed by atoms with Crippen LogP contribution < -0.4 is 5.32 Å². The molecule has 0 fully saturated rings. The average Bonchev–Trinajstić information content (AvgIpc) is 2.44. The Labute approximate surface area is 124 Å². The molecule has 0 spiro atoms. The average molecular weight is 338 g/mol. The Bertz CT molecular complexity index is 646. The van der Waals surface area contributed by atoms with Crippen molar-refractivity contribution in [2.24, 2.45) is 0 Å². The van der Waals surface area contributed by atoms with Gasteiger partial charge in [-0.25, -0.2) is 9.18 Å². The Morgan fingerprint density at radius 3 is 2.70 bits per heavy atom. The second kappa shape index (κ2) is 6.15. The fourth-order valence-corrected chi connectivity index (χ4v) is 2.47. The van der Waals surface area contributed by atoms with Crippen molar-refractivity contribution < 1.29 is 14.3 Å². The van der Waals surface area contributed by atoms with E-state index in [2.05, 4.69) is 21.2 Å². The zero-order chi connectivity index (χ0) is 14.7. The van der Waals surface area contributed by atoms with Gasteiger partial charge in [0.05, 0.1) is 11.6 Å². The number of carboxylic acids is 1. The summed E-state index contributed by atoms with van der Waals surface area (Å²) in [5.41, 5.74) is 1.34. The van der Waals surface area contributed by atoms with Crippen LogP contribution in [-0.2, 0) is 0 Å². The first-order valence-corrected chi connectivity index (χ1v) is 6.77. The maximum Gasteiger partial charge on any atom is 0.335 e. The van der Waals surface area contributed by atoms with E-state index < -0.39 is 12.0 Å². The van der Waals surface area contributed by atoms with Crippen molar-refractivity contribution in [1.29, 1.82) is 0 Å². The second-order valence-corrected chi connectivity index (χ2v) is 5.23. The summed E-state index contributed by atoms with van der Waals surface area (Å²) in [6.07, 6.45) is 0. The minimum atomic E-state index is -1.00. The van der Waals surface area contributed by atoms with Crippen LogP contribution in [0.1, 0.15) is 27.5 Å². The normalized spacial score (nSPS) is 12.2. The Hall–Kier alpha value is -1.72. The highest BCUT2D eigenvalue weighted by molar-refractivity contribution is 9.10. The Kier molecular flexibility index (Phi) is 4.52. The number of aromatic carboxylic acids is 1. The summed E-state index contributed by atoms with van der Waals surface area (Å²) >= 11 is 3.32. The Balaban J connectivity index is 2.49. The molecule has 1 atom stereocenters. The van der Waals surface area contributed by atoms with E-state index in [4.69, 9.17) is 5.11 Å². The van der Waals surface area contributed by atoms with E-state index >= 15 is 0 Å². The number of benzene rings is 2. The topological polar surface area (TPSA) is 49.3 Å². The van der Waals surface area contributed by atoms with Crippen molar-refractivity contribution >= 4 is 21.9 Å². The summed E-state index contributed by atoms with van der Waals surface area (Å²) in [6.45, 7) is 0. The summed E-state index contributed by atoms with van der Waals surface area (Å²) in [6, 6.07) is 10.8. The van der Waals surface area contributed by atoms with Crippen molar-refractivity contribution in [2.45, 2.75) is 6.04 Å². The van der Waals surface area contributed by atoms with Crippen molar-refractivity contribution in [3.8, 4) is 0 Å². The first-order chi connectivity index (χ1) is 9.52. The lowest BCUT2D eigenvalue weighted by molar-refractivity contribution is 0.0696. The minimum absolute atomic E-state index is 0.179. The van der Waals surface area contributed by atoms with E-state index in [0.29, 0.717) is 11.1 Å². The van der Waals surface area contributed by atoms with Crippen LogP contribution in [0.15, 0.2) is 46.9 Å². The molecule has 2 aromatic rings. The lowest BCUT2D eigenvalue weighted by Gasteiger charge is -2.18. The van der Waals surface area contributed by atoms with Gasteiger partial charge in [-0.05, 0) is 42.9 Å². The van der Waals surface area contributed by atoms with Crippen LogP contribution in [0.2, 0.25) is 0 Å². The third kappa shape index (κ3) is 3.05. The minimum Gasteiger partial charge on any atom is -0.478 e. The molecule has 0 radical (unpaired) electrons. The number of hydrogen-bond donors (Lipinski definition) is 2. The fraction of sp³-hybridized carbons (Fsp3) is 0.133. The number of rotatable bonds is 4. The summed E-state index contributed by atoms with van der Waals surface area (Å²) in [4.78, 5) is 11.0. The molecular weight excluding hydrogens is 325 g/mol. The summed E-state index contributed by atoms with van der Waals surface area (Å²) < 4.78 is 14.7. The highest BCUT2D eigenvalue weighted by Gasteiger charge is 2.17. The van der Waals surface area contributed by atoms with Gasteiger partial charge in [0.1, 0.15) is 5.82 Å². The summed E-state index contributed by atoms with van der Waals surface area (Å²) in [5.74, 6) is -1.34. The smallest absolute Gasteiger partial charge is 0.335 e. The van der Waals surface area contributed by atoms with Crippen molar-refractivity contribution in [1.82, 2.24) is 5.32 Å². The van der Waals surface area contributed by atoms with E-state index in [0.717, 1.165) is 4.47 Å². The molecule has 104 valence electrons. The van der Waals surface area contributed by atoms with Gasteiger partial charge in [0.15, 0.2) is 0 Å². The van der Waals surface area contributed by atoms with E-state index in [1.54, 1.807) is 37.4 Å². The van der Waals surface area contributed by atoms with Crippen molar-refractivity contribution in [3.63, 3.8) is 0 Å². The molecule has 0 aliphatic rings. The van der Waals surface area contributed by atoms with Gasteiger partial charge in [-0.2, -0.15) is 0 Å². The van der Waals surface area contributed by atoms with Gasteiger partial charge in [-0.15, -0.1) is 0 Å². The lowest BCUT2D eigenvalue weighted by Crippen LogP contribution is -2.19. The van der Waals surface area contributed by atoms with Gasteiger partial charge in [0.25, 0.3) is 0 Å². The largest absolute Gasteiger partial charge is 0.478 e. The van der Waals surface area contributed by atoms with Crippen LogP contribution in [0.3, 0.4) is 0 Å². The molecular formula is C15H13BrFNO2. The maximum atomic E-state index is 14.0. The van der Waals surface area contributed by atoms with E-state index in [1.165, 1.54) is 12.1 Å². The quantitative estimate of drug-likeness (QED) is 0.896. The molecule has 0 aliphatic heterocycles. The highest BCUT2D eigenvalue weighted by Crippen LogP contribution is 2.27. The molecule has 0 heterocycles. The molecule has 0 aliphatic carbocycles. The molecule has 3 nitrogen and oxygen atoms in total. The lowest BCUT2D eigenvalue weighted by atomic mass is 9.97. The van der Waals surface area contributed by atoms with Crippen LogP contribution in [0, 0.1) is 5.82 Å². The SMILES string of the molecule is CNC(c1cccc(C(=O)O)c1)c1cc(Br)ccc1F. The van der Waals surface area contributed by atoms with Gasteiger partial charge in [-0.3, -0.25) is 0 Å². The standard InChI is InChI=1S/C15H13BrFNO2/c1-18-14(12-8-11(16)5-6-13(12)17)9-3-2-4-10(7-9)15(19)20/h2-8,14,18H,1H3,(H,19,20). The van der Waals surface area contributed by atoms with Gasteiger partial charge in [0.2, 0.25) is 0 Å². The monoisotopic (exact) mass is 337 g/mol. The molecule has 0 bridgehead atoms. The molecule has 1 unspecified atom stereocenters. The predicted octanol–water partition coefficient (Wildman–Crippen LogP) is 3.60. The highest BCUT2D eigenvalue weighted by atomic mass is 79.9. The van der Waals surface area contributed by atoms with E-state index in [-0.39, 0.29) is 11.4 Å². The van der Waals surface area contributed by atoms with Crippen LogP contribution >= 0.6 is 15.9 Å².